The predicted molar refractivity (Wildman–Crippen MR) is 130 cm³/mol. The Labute approximate surface area is 200 Å². The van der Waals surface area contributed by atoms with Crippen molar-refractivity contribution in [2.45, 2.75) is 25.2 Å². The maximum atomic E-state index is 13.4. The zero-order chi connectivity index (χ0) is 23.9. The number of pyridine rings is 1. The summed E-state index contributed by atoms with van der Waals surface area (Å²) in [7, 11) is 0. The normalized spacial score (nSPS) is 18.2. The van der Waals surface area contributed by atoms with E-state index >= 15 is 0 Å². The number of alkyl halides is 3. The molecule has 2 atom stereocenters. The fraction of sp³-hybridized carbons (Fsp3) is 0.154. The number of aromatic nitrogens is 2. The Hall–Kier alpha value is -3.65. The van der Waals surface area contributed by atoms with Gasteiger partial charge in [0.1, 0.15) is 6.04 Å². The monoisotopic (exact) mass is 478 g/mol. The molecule has 0 aliphatic carbocycles. The van der Waals surface area contributed by atoms with Crippen molar-refractivity contribution in [2.24, 2.45) is 0 Å². The van der Waals surface area contributed by atoms with Crippen LogP contribution in [-0.4, -0.2) is 14.7 Å². The van der Waals surface area contributed by atoms with Crippen LogP contribution in [0.5, 0.6) is 0 Å². The van der Waals surface area contributed by atoms with E-state index in [1.807, 2.05) is 66.4 Å². The van der Waals surface area contributed by atoms with Crippen LogP contribution in [0.1, 0.15) is 34.6 Å². The molecule has 34 heavy (non-hydrogen) atoms. The van der Waals surface area contributed by atoms with Crippen LogP contribution in [-0.2, 0) is 6.18 Å². The van der Waals surface area contributed by atoms with Gasteiger partial charge in [-0.2, -0.15) is 13.2 Å². The third-order valence-electron chi connectivity index (χ3n) is 5.91. The first-order valence-electron chi connectivity index (χ1n) is 10.7. The maximum Gasteiger partial charge on any atom is 0.416 e. The largest absolute Gasteiger partial charge is 0.416 e. The first-order valence-corrected chi connectivity index (χ1v) is 11.2. The second-order valence-electron chi connectivity index (χ2n) is 8.19. The van der Waals surface area contributed by atoms with E-state index in [1.54, 1.807) is 23.0 Å². The number of rotatable bonds is 4. The van der Waals surface area contributed by atoms with Crippen LogP contribution >= 0.6 is 12.2 Å². The lowest BCUT2D eigenvalue weighted by Crippen LogP contribution is -2.30. The second-order valence-corrected chi connectivity index (χ2v) is 8.57. The highest BCUT2D eigenvalue weighted by Crippen LogP contribution is 2.42. The van der Waals surface area contributed by atoms with Gasteiger partial charge in [-0.15, -0.1) is 0 Å². The Balaban J connectivity index is 1.67. The number of thiocarbonyl (C=S) groups is 1. The second kappa shape index (κ2) is 8.61. The van der Waals surface area contributed by atoms with Gasteiger partial charge >= 0.3 is 6.18 Å². The molecule has 5 rings (SSSR count). The standard InChI is InChI=1S/C26H21F3N4S/c1-17-7-4-10-20(15-17)33-24(23(31-25(33)34)21-11-2-3-13-30-21)22-12-6-14-32(22)19-9-5-8-18(16-19)26(27,28)29/h2-16,23-24H,1H3,(H,31,34)/t23-,24+/m1/s1. The zero-order valence-electron chi connectivity index (χ0n) is 18.2. The van der Waals surface area contributed by atoms with Crippen LogP contribution in [0.3, 0.4) is 0 Å². The van der Waals surface area contributed by atoms with E-state index in [1.165, 1.54) is 6.07 Å². The minimum atomic E-state index is -4.43. The molecule has 0 bridgehead atoms. The maximum absolute atomic E-state index is 13.4. The Kier molecular flexibility index (Phi) is 5.61. The first kappa shape index (κ1) is 22.2. The summed E-state index contributed by atoms with van der Waals surface area (Å²) < 4.78 is 42.0. The zero-order valence-corrected chi connectivity index (χ0v) is 19.0. The highest BCUT2D eigenvalue weighted by Gasteiger charge is 2.42. The summed E-state index contributed by atoms with van der Waals surface area (Å²) in [5, 5.41) is 3.92. The Morgan fingerprint density at radius 2 is 1.71 bits per heavy atom. The lowest BCUT2D eigenvalue weighted by atomic mass is 10.0. The minimum Gasteiger partial charge on any atom is -0.351 e. The van der Waals surface area contributed by atoms with Gasteiger partial charge in [0.2, 0.25) is 0 Å². The van der Waals surface area contributed by atoms with Crippen molar-refractivity contribution < 1.29 is 13.2 Å². The van der Waals surface area contributed by atoms with Gasteiger partial charge in [-0.1, -0.05) is 24.3 Å². The van der Waals surface area contributed by atoms with Crippen molar-refractivity contribution in [1.82, 2.24) is 14.9 Å². The first-order chi connectivity index (χ1) is 16.3. The van der Waals surface area contributed by atoms with E-state index in [0.29, 0.717) is 10.8 Å². The average Bonchev–Trinajstić information content (AvgIpc) is 3.43. The molecule has 4 nitrogen and oxygen atoms in total. The highest BCUT2D eigenvalue weighted by atomic mass is 32.1. The molecule has 0 radical (unpaired) electrons. The average molecular weight is 479 g/mol. The van der Waals surface area contributed by atoms with Crippen LogP contribution in [0.15, 0.2) is 91.3 Å². The van der Waals surface area contributed by atoms with Gasteiger partial charge in [0, 0.05) is 29.5 Å². The topological polar surface area (TPSA) is 33.1 Å². The molecule has 1 aliphatic rings. The molecule has 2 aromatic heterocycles. The van der Waals surface area contributed by atoms with Gasteiger partial charge < -0.3 is 14.8 Å². The van der Waals surface area contributed by atoms with Crippen molar-refractivity contribution in [3.05, 3.63) is 114 Å². The molecule has 0 spiro atoms. The van der Waals surface area contributed by atoms with Crippen LogP contribution in [0.25, 0.3) is 5.69 Å². The van der Waals surface area contributed by atoms with E-state index in [0.717, 1.165) is 34.8 Å². The summed E-state index contributed by atoms with van der Waals surface area (Å²) in [5.74, 6) is 0. The number of nitrogens with one attached hydrogen (secondary N) is 1. The summed E-state index contributed by atoms with van der Waals surface area (Å²) in [6.07, 6.45) is -0.932. The molecule has 172 valence electrons. The third kappa shape index (κ3) is 4.05. The van der Waals surface area contributed by atoms with Crippen molar-refractivity contribution >= 4 is 23.0 Å². The number of aryl methyl sites for hydroxylation is 1. The molecule has 0 unspecified atom stereocenters. The van der Waals surface area contributed by atoms with Gasteiger partial charge in [-0.25, -0.2) is 0 Å². The highest BCUT2D eigenvalue weighted by molar-refractivity contribution is 7.80. The van der Waals surface area contributed by atoms with E-state index in [4.69, 9.17) is 12.2 Å². The van der Waals surface area contributed by atoms with Gasteiger partial charge in [-0.05, 0) is 79.3 Å². The quantitative estimate of drug-likeness (QED) is 0.345. The lowest BCUT2D eigenvalue weighted by molar-refractivity contribution is -0.137. The van der Waals surface area contributed by atoms with E-state index < -0.39 is 11.7 Å². The van der Waals surface area contributed by atoms with Crippen molar-refractivity contribution in [3.63, 3.8) is 0 Å². The molecule has 1 aliphatic heterocycles. The molecule has 4 aromatic rings. The van der Waals surface area contributed by atoms with Crippen LogP contribution < -0.4 is 10.2 Å². The number of hydrogen-bond acceptors (Lipinski definition) is 2. The number of benzene rings is 2. The molecule has 8 heteroatoms. The van der Waals surface area contributed by atoms with Crippen molar-refractivity contribution in [2.75, 3.05) is 4.90 Å². The lowest BCUT2D eigenvalue weighted by Gasteiger charge is -2.29. The molecule has 1 fully saturated rings. The number of anilines is 1. The van der Waals surface area contributed by atoms with E-state index in [2.05, 4.69) is 10.3 Å². The Morgan fingerprint density at radius 3 is 2.44 bits per heavy atom. The molecule has 3 heterocycles. The summed E-state index contributed by atoms with van der Waals surface area (Å²) in [5.41, 5.74) is 3.30. The number of hydrogen-bond donors (Lipinski definition) is 1. The molecule has 0 saturated carbocycles. The SMILES string of the molecule is Cc1cccc(N2C(=S)N[C@H](c3ccccn3)[C@@H]2c2cccn2-c2cccc(C(F)(F)F)c2)c1. The van der Waals surface area contributed by atoms with Gasteiger partial charge in [0.15, 0.2) is 5.11 Å². The summed E-state index contributed by atoms with van der Waals surface area (Å²) >= 11 is 5.75. The molecule has 2 aromatic carbocycles. The smallest absolute Gasteiger partial charge is 0.351 e. The molecular formula is C26H21F3N4S. The fourth-order valence-corrected chi connectivity index (χ4v) is 4.76. The van der Waals surface area contributed by atoms with Crippen LogP contribution in [0.2, 0.25) is 0 Å². The van der Waals surface area contributed by atoms with Gasteiger partial charge in [0.05, 0.1) is 17.3 Å². The van der Waals surface area contributed by atoms with Crippen molar-refractivity contribution in [3.8, 4) is 5.69 Å². The minimum absolute atomic E-state index is 0.298. The molecule has 1 N–H and O–H groups in total. The Bertz CT molecular complexity index is 1330. The van der Waals surface area contributed by atoms with Crippen molar-refractivity contribution in [1.29, 1.82) is 0 Å². The fourth-order valence-electron chi connectivity index (χ4n) is 4.41. The van der Waals surface area contributed by atoms with Crippen LogP contribution in [0, 0.1) is 6.92 Å². The molecular weight excluding hydrogens is 457 g/mol. The summed E-state index contributed by atoms with van der Waals surface area (Å²) in [6.45, 7) is 2.01. The van der Waals surface area contributed by atoms with Crippen LogP contribution in [0.4, 0.5) is 18.9 Å². The molecule has 0 amide bonds. The number of halogens is 3. The predicted octanol–water partition coefficient (Wildman–Crippen LogP) is 6.38. The van der Waals surface area contributed by atoms with Gasteiger partial charge in [-0.3, -0.25) is 4.98 Å². The summed E-state index contributed by atoms with van der Waals surface area (Å²) in [6, 6.07) is 22.1. The van der Waals surface area contributed by atoms with E-state index in [-0.39, 0.29) is 12.1 Å². The van der Waals surface area contributed by atoms with Gasteiger partial charge in [0.25, 0.3) is 0 Å². The number of nitrogens with zero attached hydrogens (tertiary/aromatic N) is 3. The third-order valence-corrected chi connectivity index (χ3v) is 6.23. The summed E-state index contributed by atoms with van der Waals surface area (Å²) in [4.78, 5) is 6.56. The Morgan fingerprint density at radius 1 is 0.912 bits per heavy atom. The molecule has 1 saturated heterocycles. The van der Waals surface area contributed by atoms with E-state index in [9.17, 15) is 13.2 Å².